The summed E-state index contributed by atoms with van der Waals surface area (Å²) in [6.07, 6.45) is 1.85. The Morgan fingerprint density at radius 2 is 1.33 bits per heavy atom. The lowest BCUT2D eigenvalue weighted by atomic mass is 10.1. The van der Waals surface area contributed by atoms with Gasteiger partial charge in [-0.2, -0.15) is 0 Å². The van der Waals surface area contributed by atoms with Crippen LogP contribution in [0.2, 0.25) is 0 Å². The predicted octanol–water partition coefficient (Wildman–Crippen LogP) is 4.22. The first-order valence-electron chi connectivity index (χ1n) is 8.21. The summed E-state index contributed by atoms with van der Waals surface area (Å²) in [6.45, 7) is 0. The van der Waals surface area contributed by atoms with Crippen LogP contribution in [-0.4, -0.2) is 13.7 Å². The Morgan fingerprint density at radius 1 is 0.778 bits per heavy atom. The van der Waals surface area contributed by atoms with Gasteiger partial charge in [0.1, 0.15) is 0 Å². The van der Waals surface area contributed by atoms with Crippen molar-refractivity contribution in [3.05, 3.63) is 84.5 Å². The van der Waals surface area contributed by atoms with Gasteiger partial charge in [-0.3, -0.25) is 13.9 Å². The van der Waals surface area contributed by atoms with Crippen LogP contribution in [0.4, 0.5) is 0 Å². The lowest BCUT2D eigenvalue weighted by molar-refractivity contribution is 0.714. The van der Waals surface area contributed by atoms with E-state index in [1.807, 2.05) is 59.3 Å². The SMILES string of the molecule is Cn1c(=O)c2c(-c3ccc(Br)cc3)n(-c3ccc(Br)cc3)cc2n(C)c1=O. The molecule has 0 bridgehead atoms. The molecule has 4 rings (SSSR count). The zero-order valence-electron chi connectivity index (χ0n) is 14.6. The van der Waals surface area contributed by atoms with Crippen molar-refractivity contribution in [1.29, 1.82) is 0 Å². The molecule has 0 N–H and O–H groups in total. The minimum Gasteiger partial charge on any atom is -0.314 e. The second-order valence-electron chi connectivity index (χ2n) is 6.30. The van der Waals surface area contributed by atoms with E-state index in [1.165, 1.54) is 11.6 Å². The quantitative estimate of drug-likeness (QED) is 0.424. The fraction of sp³-hybridized carbons (Fsp3) is 0.100. The maximum absolute atomic E-state index is 13.0. The first kappa shape index (κ1) is 18.0. The Hall–Kier alpha value is -2.38. The summed E-state index contributed by atoms with van der Waals surface area (Å²) < 4.78 is 6.54. The average molecular weight is 489 g/mol. The van der Waals surface area contributed by atoms with Crippen LogP contribution in [0.25, 0.3) is 27.8 Å². The molecule has 2 aromatic heterocycles. The Bertz CT molecular complexity index is 1280. The highest BCUT2D eigenvalue weighted by Crippen LogP contribution is 2.32. The fourth-order valence-corrected chi connectivity index (χ4v) is 3.77. The van der Waals surface area contributed by atoms with Crippen LogP contribution in [0, 0.1) is 0 Å². The third-order valence-corrected chi connectivity index (χ3v) is 5.72. The van der Waals surface area contributed by atoms with Crippen molar-refractivity contribution >= 4 is 42.8 Å². The number of aromatic nitrogens is 3. The van der Waals surface area contributed by atoms with Gasteiger partial charge in [0.2, 0.25) is 0 Å². The van der Waals surface area contributed by atoms with E-state index >= 15 is 0 Å². The molecule has 0 unspecified atom stereocenters. The summed E-state index contributed by atoms with van der Waals surface area (Å²) in [5.74, 6) is 0. The zero-order chi connectivity index (χ0) is 19.3. The van der Waals surface area contributed by atoms with Gasteiger partial charge < -0.3 is 4.57 Å². The number of nitrogens with zero attached hydrogens (tertiary/aromatic N) is 3. The van der Waals surface area contributed by atoms with Gasteiger partial charge in [-0.15, -0.1) is 0 Å². The number of halogens is 2. The van der Waals surface area contributed by atoms with E-state index in [4.69, 9.17) is 0 Å². The summed E-state index contributed by atoms with van der Waals surface area (Å²) in [5.41, 5.74) is 2.51. The molecule has 27 heavy (non-hydrogen) atoms. The highest BCUT2D eigenvalue weighted by Gasteiger charge is 2.20. The van der Waals surface area contributed by atoms with Gasteiger partial charge in [-0.25, -0.2) is 4.79 Å². The van der Waals surface area contributed by atoms with Gasteiger partial charge in [0.05, 0.1) is 16.6 Å². The van der Waals surface area contributed by atoms with Crippen molar-refractivity contribution in [3.8, 4) is 16.9 Å². The molecule has 5 nitrogen and oxygen atoms in total. The molecule has 0 saturated carbocycles. The number of fused-ring (bicyclic) bond motifs is 1. The first-order chi connectivity index (χ1) is 12.9. The molecule has 0 aliphatic carbocycles. The monoisotopic (exact) mass is 487 g/mol. The van der Waals surface area contributed by atoms with Crippen LogP contribution in [-0.2, 0) is 14.1 Å². The van der Waals surface area contributed by atoms with Crippen LogP contribution in [0.1, 0.15) is 0 Å². The summed E-state index contributed by atoms with van der Waals surface area (Å²) in [7, 11) is 3.19. The van der Waals surface area contributed by atoms with E-state index in [0.717, 1.165) is 30.5 Å². The lowest BCUT2D eigenvalue weighted by Crippen LogP contribution is -2.36. The van der Waals surface area contributed by atoms with Crippen molar-refractivity contribution in [1.82, 2.24) is 13.7 Å². The summed E-state index contributed by atoms with van der Waals surface area (Å²) >= 11 is 6.91. The molecule has 0 saturated heterocycles. The van der Waals surface area contributed by atoms with Crippen molar-refractivity contribution < 1.29 is 0 Å². The first-order valence-corrected chi connectivity index (χ1v) is 9.80. The zero-order valence-corrected chi connectivity index (χ0v) is 17.8. The van der Waals surface area contributed by atoms with Gasteiger partial charge in [0, 0.05) is 34.9 Å². The van der Waals surface area contributed by atoms with Crippen LogP contribution in [0.3, 0.4) is 0 Å². The Balaban J connectivity index is 2.18. The minimum atomic E-state index is -0.345. The second kappa shape index (κ2) is 6.65. The summed E-state index contributed by atoms with van der Waals surface area (Å²) in [4.78, 5) is 25.4. The maximum Gasteiger partial charge on any atom is 0.330 e. The molecule has 2 aromatic carbocycles. The second-order valence-corrected chi connectivity index (χ2v) is 8.13. The highest BCUT2D eigenvalue weighted by atomic mass is 79.9. The Labute approximate surface area is 171 Å². The van der Waals surface area contributed by atoms with Crippen molar-refractivity contribution in [3.63, 3.8) is 0 Å². The van der Waals surface area contributed by atoms with E-state index in [0.29, 0.717) is 10.9 Å². The maximum atomic E-state index is 13.0. The van der Waals surface area contributed by atoms with Gasteiger partial charge in [0.15, 0.2) is 0 Å². The minimum absolute atomic E-state index is 0.304. The van der Waals surface area contributed by atoms with Gasteiger partial charge >= 0.3 is 5.69 Å². The molecular formula is C20H15Br2N3O2. The molecule has 0 aliphatic heterocycles. The fourth-order valence-electron chi connectivity index (χ4n) is 3.24. The number of hydrogen-bond acceptors (Lipinski definition) is 2. The van der Waals surface area contributed by atoms with E-state index < -0.39 is 0 Å². The van der Waals surface area contributed by atoms with Crippen LogP contribution in [0.5, 0.6) is 0 Å². The highest BCUT2D eigenvalue weighted by molar-refractivity contribution is 9.10. The van der Waals surface area contributed by atoms with E-state index in [-0.39, 0.29) is 11.2 Å². The molecular weight excluding hydrogens is 474 g/mol. The van der Waals surface area contributed by atoms with Crippen LogP contribution < -0.4 is 11.2 Å². The number of benzene rings is 2. The number of rotatable bonds is 2. The van der Waals surface area contributed by atoms with Crippen molar-refractivity contribution in [2.45, 2.75) is 0 Å². The predicted molar refractivity (Wildman–Crippen MR) is 115 cm³/mol. The molecule has 136 valence electrons. The van der Waals surface area contributed by atoms with E-state index in [1.54, 1.807) is 7.05 Å². The molecule has 0 aliphatic rings. The normalized spacial score (nSPS) is 11.3. The largest absolute Gasteiger partial charge is 0.330 e. The van der Waals surface area contributed by atoms with Gasteiger partial charge in [0.25, 0.3) is 5.56 Å². The van der Waals surface area contributed by atoms with Crippen LogP contribution >= 0.6 is 31.9 Å². The molecule has 0 atom stereocenters. The van der Waals surface area contributed by atoms with E-state index in [2.05, 4.69) is 31.9 Å². The third-order valence-electron chi connectivity index (χ3n) is 4.66. The summed E-state index contributed by atoms with van der Waals surface area (Å²) in [5, 5.41) is 0.518. The van der Waals surface area contributed by atoms with Crippen molar-refractivity contribution in [2.24, 2.45) is 14.1 Å². The van der Waals surface area contributed by atoms with Gasteiger partial charge in [-0.05, 0) is 42.0 Å². The van der Waals surface area contributed by atoms with Crippen molar-refractivity contribution in [2.75, 3.05) is 0 Å². The molecule has 0 fully saturated rings. The average Bonchev–Trinajstić information content (AvgIpc) is 3.06. The lowest BCUT2D eigenvalue weighted by Gasteiger charge is -2.10. The Kier molecular flexibility index (Phi) is 4.44. The number of hydrogen-bond donors (Lipinski definition) is 0. The topological polar surface area (TPSA) is 48.9 Å². The Morgan fingerprint density at radius 3 is 1.93 bits per heavy atom. The standard InChI is InChI=1S/C20H15Br2N3O2/c1-23-16-11-25(15-9-7-14(22)8-10-15)18(12-3-5-13(21)6-4-12)17(16)19(26)24(2)20(23)27/h3-11H,1-2H3. The number of aryl methyl sites for hydroxylation is 1. The molecule has 7 heteroatoms. The van der Waals surface area contributed by atoms with Crippen LogP contribution in [0.15, 0.2) is 73.3 Å². The molecule has 0 amide bonds. The molecule has 0 radical (unpaired) electrons. The van der Waals surface area contributed by atoms with E-state index in [9.17, 15) is 9.59 Å². The van der Waals surface area contributed by atoms with Gasteiger partial charge in [-0.1, -0.05) is 44.0 Å². The third kappa shape index (κ3) is 2.91. The summed E-state index contributed by atoms with van der Waals surface area (Å²) in [6, 6.07) is 15.6. The smallest absolute Gasteiger partial charge is 0.314 e. The molecule has 0 spiro atoms. The molecule has 2 heterocycles. The molecule has 4 aromatic rings.